The van der Waals surface area contributed by atoms with E-state index in [4.69, 9.17) is 4.99 Å². The Balaban J connectivity index is 1.30. The van der Waals surface area contributed by atoms with Crippen LogP contribution in [0, 0.1) is 13.8 Å². The lowest BCUT2D eigenvalue weighted by Gasteiger charge is -2.11. The highest BCUT2D eigenvalue weighted by Gasteiger charge is 2.21. The van der Waals surface area contributed by atoms with Gasteiger partial charge in [0.2, 0.25) is 5.95 Å². The normalized spacial score (nSPS) is 16.1. The number of hydrogen-bond acceptors (Lipinski definition) is 7. The molecule has 3 heterocycles. The van der Waals surface area contributed by atoms with Crippen molar-refractivity contribution in [3.05, 3.63) is 66.0 Å². The number of nitrogens with zero attached hydrogens (tertiary/aromatic N) is 5. The second kappa shape index (κ2) is 9.19. The van der Waals surface area contributed by atoms with E-state index in [9.17, 15) is 0 Å². The van der Waals surface area contributed by atoms with Crippen molar-refractivity contribution >= 4 is 28.4 Å². The fourth-order valence-corrected chi connectivity index (χ4v) is 4.32. The molecule has 29 heavy (non-hydrogen) atoms. The lowest BCUT2D eigenvalue weighted by molar-refractivity contribution is 0.593. The molecule has 0 spiro atoms. The third kappa shape index (κ3) is 5.42. The molecule has 7 nitrogen and oxygen atoms in total. The number of nitrogens with one attached hydrogen (secondary N) is 2. The summed E-state index contributed by atoms with van der Waals surface area (Å²) in [4.78, 5) is 17.8. The van der Waals surface area contributed by atoms with Gasteiger partial charge in [0, 0.05) is 49.2 Å². The Kier molecular flexibility index (Phi) is 6.21. The second-order valence-electron chi connectivity index (χ2n) is 7.16. The van der Waals surface area contributed by atoms with E-state index >= 15 is 0 Å². The highest BCUT2D eigenvalue weighted by Crippen LogP contribution is 2.25. The molecule has 3 aromatic rings. The Hall–Kier alpha value is -2.71. The van der Waals surface area contributed by atoms with Crippen LogP contribution in [0.2, 0.25) is 0 Å². The van der Waals surface area contributed by atoms with E-state index in [0.29, 0.717) is 11.2 Å². The summed E-state index contributed by atoms with van der Waals surface area (Å²) in [6.45, 7) is 7.74. The molecule has 0 saturated carbocycles. The van der Waals surface area contributed by atoms with Crippen molar-refractivity contribution in [2.24, 2.45) is 4.99 Å². The first-order chi connectivity index (χ1) is 14.2. The first-order valence-corrected chi connectivity index (χ1v) is 10.6. The van der Waals surface area contributed by atoms with Gasteiger partial charge in [0.25, 0.3) is 0 Å². The molecule has 4 rings (SSSR count). The number of anilines is 2. The number of thioether (sulfide) groups is 1. The molecule has 1 atom stereocenters. The van der Waals surface area contributed by atoms with Crippen molar-refractivity contribution in [1.29, 1.82) is 0 Å². The summed E-state index contributed by atoms with van der Waals surface area (Å²) >= 11 is 1.78. The number of benzene rings is 1. The fourth-order valence-electron chi connectivity index (χ4n) is 3.27. The van der Waals surface area contributed by atoms with Gasteiger partial charge in [-0.2, -0.15) is 0 Å². The number of rotatable bonds is 8. The summed E-state index contributed by atoms with van der Waals surface area (Å²) in [5.74, 6) is 0.595. The standard InChI is InChI=1S/C21H25N7S/c1-15-9-16(2)11-17(10-15)26-21-24-4-3-19(27-21)20-25-13-18(29-20)12-22-5-7-28-8-6-23-14-28/h3-4,6,8-11,14,18,22H,5,7,12-13H2,1-2H3,(H,24,26,27). The molecule has 0 saturated heterocycles. The molecular weight excluding hydrogens is 382 g/mol. The number of hydrogen-bond donors (Lipinski definition) is 2. The van der Waals surface area contributed by atoms with Crippen molar-refractivity contribution in [3.8, 4) is 0 Å². The van der Waals surface area contributed by atoms with Crippen molar-refractivity contribution in [2.45, 2.75) is 25.6 Å². The Morgan fingerprint density at radius 1 is 1.17 bits per heavy atom. The van der Waals surface area contributed by atoms with Crippen molar-refractivity contribution in [3.63, 3.8) is 0 Å². The molecule has 1 aliphatic rings. The molecule has 1 aliphatic heterocycles. The van der Waals surface area contributed by atoms with Crippen LogP contribution in [-0.2, 0) is 6.54 Å². The monoisotopic (exact) mass is 407 g/mol. The highest BCUT2D eigenvalue weighted by molar-refractivity contribution is 8.15. The Morgan fingerprint density at radius 2 is 2.03 bits per heavy atom. The first-order valence-electron chi connectivity index (χ1n) is 9.72. The molecule has 1 aromatic carbocycles. The molecule has 150 valence electrons. The van der Waals surface area contributed by atoms with Crippen LogP contribution in [0.4, 0.5) is 11.6 Å². The van der Waals surface area contributed by atoms with Crippen LogP contribution in [0.1, 0.15) is 16.8 Å². The van der Waals surface area contributed by atoms with E-state index in [1.54, 1.807) is 24.2 Å². The van der Waals surface area contributed by atoms with Crippen LogP contribution >= 0.6 is 11.8 Å². The van der Waals surface area contributed by atoms with Gasteiger partial charge in [-0.3, -0.25) is 4.99 Å². The summed E-state index contributed by atoms with van der Waals surface area (Å²) in [6, 6.07) is 8.26. The van der Waals surface area contributed by atoms with Gasteiger partial charge in [-0.1, -0.05) is 17.8 Å². The summed E-state index contributed by atoms with van der Waals surface area (Å²) in [6.07, 6.45) is 7.41. The predicted molar refractivity (Wildman–Crippen MR) is 119 cm³/mol. The maximum atomic E-state index is 4.70. The van der Waals surface area contributed by atoms with Crippen LogP contribution in [0.3, 0.4) is 0 Å². The molecular formula is C21H25N7S. The minimum absolute atomic E-state index is 0.429. The molecule has 0 bridgehead atoms. The largest absolute Gasteiger partial charge is 0.336 e. The summed E-state index contributed by atoms with van der Waals surface area (Å²) < 4.78 is 2.07. The van der Waals surface area contributed by atoms with E-state index in [0.717, 1.165) is 42.6 Å². The van der Waals surface area contributed by atoms with Crippen LogP contribution < -0.4 is 10.6 Å². The third-order valence-corrected chi connectivity index (χ3v) is 5.76. The number of aromatic nitrogens is 4. The van der Waals surface area contributed by atoms with E-state index in [1.165, 1.54) is 11.1 Å². The van der Waals surface area contributed by atoms with Gasteiger partial charge in [0.15, 0.2) is 0 Å². The molecule has 0 amide bonds. The van der Waals surface area contributed by atoms with E-state index in [1.807, 2.05) is 18.6 Å². The van der Waals surface area contributed by atoms with E-state index < -0.39 is 0 Å². The van der Waals surface area contributed by atoms with Crippen LogP contribution in [0.5, 0.6) is 0 Å². The molecule has 8 heteroatoms. The maximum absolute atomic E-state index is 4.70. The topological polar surface area (TPSA) is 80.0 Å². The Bertz CT molecular complexity index is 964. The van der Waals surface area contributed by atoms with Crippen LogP contribution in [0.15, 0.2) is 54.2 Å². The average molecular weight is 408 g/mol. The Morgan fingerprint density at radius 3 is 2.83 bits per heavy atom. The first kappa shape index (κ1) is 19.6. The zero-order valence-corrected chi connectivity index (χ0v) is 17.5. The van der Waals surface area contributed by atoms with Gasteiger partial charge < -0.3 is 15.2 Å². The smallest absolute Gasteiger partial charge is 0.227 e. The number of aryl methyl sites for hydroxylation is 2. The van der Waals surface area contributed by atoms with Gasteiger partial charge in [-0.15, -0.1) is 0 Å². The molecule has 2 N–H and O–H groups in total. The zero-order valence-electron chi connectivity index (χ0n) is 16.7. The highest BCUT2D eigenvalue weighted by atomic mass is 32.2. The van der Waals surface area contributed by atoms with Gasteiger partial charge in [-0.05, 0) is 43.2 Å². The third-order valence-electron chi connectivity index (χ3n) is 4.55. The molecule has 0 radical (unpaired) electrons. The van der Waals surface area contributed by atoms with Crippen LogP contribution in [0.25, 0.3) is 0 Å². The van der Waals surface area contributed by atoms with E-state index in [-0.39, 0.29) is 0 Å². The Labute approximate surface area is 175 Å². The van der Waals surface area contributed by atoms with Crippen molar-refractivity contribution in [2.75, 3.05) is 25.0 Å². The van der Waals surface area contributed by atoms with Gasteiger partial charge >= 0.3 is 0 Å². The predicted octanol–water partition coefficient (Wildman–Crippen LogP) is 3.19. The van der Waals surface area contributed by atoms with Gasteiger partial charge in [0.1, 0.15) is 10.7 Å². The molecule has 0 fully saturated rings. The van der Waals surface area contributed by atoms with E-state index in [2.05, 4.69) is 62.2 Å². The minimum atomic E-state index is 0.429. The second-order valence-corrected chi connectivity index (χ2v) is 8.45. The lowest BCUT2D eigenvalue weighted by Crippen LogP contribution is -2.28. The van der Waals surface area contributed by atoms with Gasteiger partial charge in [0.05, 0.1) is 12.9 Å². The summed E-state index contributed by atoms with van der Waals surface area (Å²) in [7, 11) is 0. The quantitative estimate of drug-likeness (QED) is 0.558. The van der Waals surface area contributed by atoms with Crippen molar-refractivity contribution in [1.82, 2.24) is 24.8 Å². The lowest BCUT2D eigenvalue weighted by atomic mass is 10.1. The molecule has 0 aliphatic carbocycles. The molecule has 1 unspecified atom stereocenters. The van der Waals surface area contributed by atoms with Crippen molar-refractivity contribution < 1.29 is 0 Å². The summed E-state index contributed by atoms with van der Waals surface area (Å²) in [5, 5.41) is 8.23. The number of imidazole rings is 1. The SMILES string of the molecule is Cc1cc(C)cc(Nc2nccc(C3=NCC(CNCCn4ccnc4)S3)n2)c1. The molecule has 2 aromatic heterocycles. The van der Waals surface area contributed by atoms with Gasteiger partial charge in [-0.25, -0.2) is 15.0 Å². The average Bonchev–Trinajstić information content (AvgIpc) is 3.37. The summed E-state index contributed by atoms with van der Waals surface area (Å²) in [5.41, 5.74) is 4.30. The van der Waals surface area contributed by atoms with Crippen LogP contribution in [-0.4, -0.2) is 49.4 Å². The fraction of sp³-hybridized carbons (Fsp3) is 0.333. The number of aliphatic imine (C=N–C) groups is 1. The maximum Gasteiger partial charge on any atom is 0.227 e. The minimum Gasteiger partial charge on any atom is -0.336 e. The zero-order chi connectivity index (χ0) is 20.1.